The maximum Gasteiger partial charge on any atom is 0.372 e. The fourth-order valence-electron chi connectivity index (χ4n) is 2.51. The standard InChI is InChI=1S/C14H14BrNO4S/c15-9-1-2-12-10(7-9)11(13(20-12)14(17)18)8-16-3-5-21(19)6-4-16/h1-2,7H,3-6,8H2,(H,17,18). The number of carboxylic acids is 1. The number of rotatable bonds is 3. The normalized spacial score (nSPS) is 17.4. The Labute approximate surface area is 132 Å². The molecule has 7 heteroatoms. The second kappa shape index (κ2) is 5.90. The molecule has 0 unspecified atom stereocenters. The molecule has 0 atom stereocenters. The Kier molecular flexibility index (Phi) is 4.14. The van der Waals surface area contributed by atoms with Gasteiger partial charge in [-0.25, -0.2) is 4.79 Å². The van der Waals surface area contributed by atoms with E-state index in [1.165, 1.54) is 0 Å². The number of furan rings is 1. The lowest BCUT2D eigenvalue weighted by Gasteiger charge is -2.25. The van der Waals surface area contributed by atoms with Gasteiger partial charge < -0.3 is 9.52 Å². The molecule has 1 fully saturated rings. The smallest absolute Gasteiger partial charge is 0.372 e. The van der Waals surface area contributed by atoms with E-state index in [4.69, 9.17) is 4.42 Å². The molecule has 1 aliphatic rings. The summed E-state index contributed by atoms with van der Waals surface area (Å²) in [5.41, 5.74) is 1.26. The zero-order valence-electron chi connectivity index (χ0n) is 11.2. The molecule has 0 radical (unpaired) electrons. The third kappa shape index (κ3) is 3.04. The van der Waals surface area contributed by atoms with Crippen molar-refractivity contribution in [2.45, 2.75) is 6.54 Å². The van der Waals surface area contributed by atoms with Gasteiger partial charge in [-0.3, -0.25) is 9.11 Å². The monoisotopic (exact) mass is 371 g/mol. The number of hydrogen-bond acceptors (Lipinski definition) is 4. The van der Waals surface area contributed by atoms with Crippen molar-refractivity contribution in [3.63, 3.8) is 0 Å². The highest BCUT2D eigenvalue weighted by molar-refractivity contribution is 9.10. The van der Waals surface area contributed by atoms with Crippen LogP contribution in [0.4, 0.5) is 0 Å². The average Bonchev–Trinajstić information content (AvgIpc) is 2.80. The van der Waals surface area contributed by atoms with Crippen LogP contribution < -0.4 is 0 Å². The van der Waals surface area contributed by atoms with E-state index in [0.717, 1.165) is 9.86 Å². The molecule has 0 bridgehead atoms. The molecular weight excluding hydrogens is 358 g/mol. The van der Waals surface area contributed by atoms with E-state index in [1.807, 2.05) is 12.1 Å². The zero-order chi connectivity index (χ0) is 15.0. The number of hydrogen-bond donors (Lipinski definition) is 1. The molecule has 112 valence electrons. The van der Waals surface area contributed by atoms with Crippen LogP contribution in [0.25, 0.3) is 11.0 Å². The molecule has 0 amide bonds. The molecule has 21 heavy (non-hydrogen) atoms. The maximum atomic E-state index is 11.4. The van der Waals surface area contributed by atoms with Crippen molar-refractivity contribution in [3.05, 3.63) is 34.0 Å². The van der Waals surface area contributed by atoms with Gasteiger partial charge in [0.1, 0.15) is 5.58 Å². The fourth-order valence-corrected chi connectivity index (χ4v) is 4.00. The largest absolute Gasteiger partial charge is 0.475 e. The molecule has 1 aromatic carbocycles. The van der Waals surface area contributed by atoms with Crippen LogP contribution in [0.1, 0.15) is 16.1 Å². The Balaban J connectivity index is 1.98. The molecule has 2 aromatic rings. The van der Waals surface area contributed by atoms with Crippen LogP contribution in [-0.2, 0) is 17.3 Å². The lowest BCUT2D eigenvalue weighted by Crippen LogP contribution is -2.37. The Hall–Kier alpha value is -1.18. The number of nitrogens with zero attached hydrogens (tertiary/aromatic N) is 1. The quantitative estimate of drug-likeness (QED) is 0.896. The minimum absolute atomic E-state index is 0.00482. The lowest BCUT2D eigenvalue weighted by molar-refractivity contribution is 0.0661. The summed E-state index contributed by atoms with van der Waals surface area (Å²) in [6.45, 7) is 1.93. The predicted octanol–water partition coefficient (Wildman–Crippen LogP) is 2.46. The highest BCUT2D eigenvalue weighted by Crippen LogP contribution is 2.30. The van der Waals surface area contributed by atoms with Crippen molar-refractivity contribution in [1.29, 1.82) is 0 Å². The number of halogens is 1. The van der Waals surface area contributed by atoms with Gasteiger partial charge in [0.2, 0.25) is 5.76 Å². The van der Waals surface area contributed by atoms with Crippen LogP contribution in [0.15, 0.2) is 27.1 Å². The molecule has 2 heterocycles. The van der Waals surface area contributed by atoms with Gasteiger partial charge in [0, 0.05) is 57.4 Å². The summed E-state index contributed by atoms with van der Waals surface area (Å²) in [6, 6.07) is 5.47. The van der Waals surface area contributed by atoms with Gasteiger partial charge in [0.05, 0.1) is 0 Å². The highest BCUT2D eigenvalue weighted by atomic mass is 79.9. The number of aromatic carboxylic acids is 1. The Morgan fingerprint density at radius 1 is 1.38 bits per heavy atom. The van der Waals surface area contributed by atoms with Crippen LogP contribution in [0, 0.1) is 0 Å². The van der Waals surface area contributed by atoms with Crippen LogP contribution >= 0.6 is 15.9 Å². The summed E-state index contributed by atoms with van der Waals surface area (Å²) in [5.74, 6) is 0.219. The van der Waals surface area contributed by atoms with Gasteiger partial charge in [-0.2, -0.15) is 0 Å². The fraction of sp³-hybridized carbons (Fsp3) is 0.357. The van der Waals surface area contributed by atoms with Crippen molar-refractivity contribution in [2.24, 2.45) is 0 Å². The van der Waals surface area contributed by atoms with E-state index in [9.17, 15) is 14.1 Å². The van der Waals surface area contributed by atoms with E-state index in [0.29, 0.717) is 42.3 Å². The molecule has 1 saturated heterocycles. The van der Waals surface area contributed by atoms with Gasteiger partial charge in [-0.05, 0) is 18.2 Å². The number of carbonyl (C=O) groups is 1. The van der Waals surface area contributed by atoms with Gasteiger partial charge in [-0.15, -0.1) is 0 Å². The average molecular weight is 372 g/mol. The first-order valence-corrected chi connectivity index (χ1v) is 8.84. The second-order valence-corrected chi connectivity index (χ2v) is 7.59. The number of benzene rings is 1. The Morgan fingerprint density at radius 2 is 2.10 bits per heavy atom. The summed E-state index contributed by atoms with van der Waals surface area (Å²) in [4.78, 5) is 13.5. The molecule has 0 saturated carbocycles. The molecule has 5 nitrogen and oxygen atoms in total. The molecule has 0 spiro atoms. The van der Waals surface area contributed by atoms with Crippen molar-refractivity contribution in [1.82, 2.24) is 4.90 Å². The van der Waals surface area contributed by atoms with Gasteiger partial charge in [0.25, 0.3) is 0 Å². The molecular formula is C14H14BrNO4S. The summed E-state index contributed by atoms with van der Waals surface area (Å²) in [5, 5.41) is 10.1. The van der Waals surface area contributed by atoms with E-state index >= 15 is 0 Å². The molecule has 0 aliphatic carbocycles. The van der Waals surface area contributed by atoms with E-state index in [2.05, 4.69) is 20.8 Å². The van der Waals surface area contributed by atoms with E-state index in [-0.39, 0.29) is 5.76 Å². The van der Waals surface area contributed by atoms with Gasteiger partial charge in [0.15, 0.2) is 0 Å². The van der Waals surface area contributed by atoms with Crippen molar-refractivity contribution in [2.75, 3.05) is 24.6 Å². The predicted molar refractivity (Wildman–Crippen MR) is 84.0 cm³/mol. The first kappa shape index (κ1) is 14.7. The topological polar surface area (TPSA) is 70.8 Å². The van der Waals surface area contributed by atoms with Crippen molar-refractivity contribution < 1.29 is 18.5 Å². The number of fused-ring (bicyclic) bond motifs is 1. The minimum Gasteiger partial charge on any atom is -0.475 e. The highest BCUT2D eigenvalue weighted by Gasteiger charge is 2.24. The van der Waals surface area contributed by atoms with Crippen LogP contribution in [0.5, 0.6) is 0 Å². The van der Waals surface area contributed by atoms with Crippen LogP contribution in [0.2, 0.25) is 0 Å². The molecule has 3 rings (SSSR count). The summed E-state index contributed by atoms with van der Waals surface area (Å²) < 4.78 is 17.8. The summed E-state index contributed by atoms with van der Waals surface area (Å²) >= 11 is 3.40. The van der Waals surface area contributed by atoms with Gasteiger partial charge in [-0.1, -0.05) is 15.9 Å². The first-order valence-electron chi connectivity index (χ1n) is 6.56. The lowest BCUT2D eigenvalue weighted by atomic mass is 10.1. The molecule has 1 N–H and O–H groups in total. The second-order valence-electron chi connectivity index (χ2n) is 4.98. The first-order chi connectivity index (χ1) is 10.0. The third-order valence-electron chi connectivity index (χ3n) is 3.60. The number of carboxylic acid groups (broad SMARTS) is 1. The van der Waals surface area contributed by atoms with E-state index < -0.39 is 16.8 Å². The summed E-state index contributed by atoms with van der Waals surface area (Å²) in [6.07, 6.45) is 0. The van der Waals surface area contributed by atoms with E-state index in [1.54, 1.807) is 6.07 Å². The molecule has 1 aromatic heterocycles. The van der Waals surface area contributed by atoms with Gasteiger partial charge >= 0.3 is 5.97 Å². The van der Waals surface area contributed by atoms with Crippen molar-refractivity contribution >= 4 is 43.7 Å². The Morgan fingerprint density at radius 3 is 2.76 bits per heavy atom. The third-order valence-corrected chi connectivity index (χ3v) is 5.37. The summed E-state index contributed by atoms with van der Waals surface area (Å²) in [7, 11) is -0.743. The maximum absolute atomic E-state index is 11.4. The van der Waals surface area contributed by atoms with Crippen molar-refractivity contribution in [3.8, 4) is 0 Å². The zero-order valence-corrected chi connectivity index (χ0v) is 13.6. The SMILES string of the molecule is O=C(O)c1oc2ccc(Br)cc2c1CN1CCS(=O)CC1. The van der Waals surface area contributed by atoms with Crippen LogP contribution in [0.3, 0.4) is 0 Å². The molecule has 1 aliphatic heterocycles. The Bertz CT molecular complexity index is 717. The minimum atomic E-state index is -1.06. The van der Waals surface area contributed by atoms with Crippen LogP contribution in [-0.4, -0.2) is 44.8 Å².